The van der Waals surface area contributed by atoms with E-state index in [4.69, 9.17) is 5.73 Å². The average Bonchev–Trinajstić information content (AvgIpc) is 2.98. The molecule has 2 aromatic heterocycles. The van der Waals surface area contributed by atoms with Gasteiger partial charge >= 0.3 is 0 Å². The van der Waals surface area contributed by atoms with Crippen molar-refractivity contribution < 1.29 is 8.78 Å². The number of nitrogens with two attached hydrogens (primary N) is 1. The number of anilines is 1. The van der Waals surface area contributed by atoms with Gasteiger partial charge in [-0.1, -0.05) is 23.8 Å². The maximum absolute atomic E-state index is 13.9. The van der Waals surface area contributed by atoms with Gasteiger partial charge in [-0.05, 0) is 19.1 Å². The summed E-state index contributed by atoms with van der Waals surface area (Å²) in [5, 5.41) is 0.373. The second-order valence-corrected chi connectivity index (χ2v) is 5.88. The molecule has 0 atom stereocenters. The Balaban J connectivity index is 1.92. The number of hydrogen-bond acceptors (Lipinski definition) is 3. The Bertz CT molecular complexity index is 1100. The molecule has 0 aliphatic rings. The fourth-order valence-electron chi connectivity index (χ4n) is 2.88. The van der Waals surface area contributed by atoms with E-state index in [1.165, 1.54) is 6.07 Å². The Morgan fingerprint density at radius 3 is 2.68 bits per heavy atom. The lowest BCUT2D eigenvalue weighted by Crippen LogP contribution is -1.98. The zero-order valence-corrected chi connectivity index (χ0v) is 13.3. The average molecular weight is 336 g/mol. The van der Waals surface area contributed by atoms with Gasteiger partial charge in [0.1, 0.15) is 17.5 Å². The van der Waals surface area contributed by atoms with Crippen LogP contribution in [-0.2, 0) is 0 Å². The predicted octanol–water partition coefficient (Wildman–Crippen LogP) is 4.46. The largest absolute Gasteiger partial charge is 0.384 e. The topological polar surface area (TPSA) is 67.6 Å². The molecule has 0 saturated carbocycles. The van der Waals surface area contributed by atoms with E-state index in [2.05, 4.69) is 15.0 Å². The van der Waals surface area contributed by atoms with Crippen molar-refractivity contribution in [2.45, 2.75) is 6.92 Å². The Labute approximate surface area is 142 Å². The van der Waals surface area contributed by atoms with Crippen LogP contribution in [0.3, 0.4) is 0 Å². The molecule has 0 fully saturated rings. The molecule has 3 N–H and O–H groups in total. The predicted molar refractivity (Wildman–Crippen MR) is 93.8 cm³/mol. The number of benzene rings is 2. The van der Waals surface area contributed by atoms with Gasteiger partial charge < -0.3 is 10.7 Å². The Morgan fingerprint density at radius 1 is 1.04 bits per heavy atom. The molecule has 0 amide bonds. The summed E-state index contributed by atoms with van der Waals surface area (Å²) >= 11 is 0. The lowest BCUT2D eigenvalue weighted by atomic mass is 10.1. The molecule has 25 heavy (non-hydrogen) atoms. The minimum atomic E-state index is -0.663. The maximum Gasteiger partial charge on any atom is 0.164 e. The van der Waals surface area contributed by atoms with Crippen LogP contribution in [0.2, 0.25) is 0 Å². The second-order valence-electron chi connectivity index (χ2n) is 5.88. The summed E-state index contributed by atoms with van der Waals surface area (Å²) in [5.41, 5.74) is 9.27. The van der Waals surface area contributed by atoms with Crippen molar-refractivity contribution in [1.29, 1.82) is 0 Å². The molecule has 0 radical (unpaired) electrons. The zero-order valence-electron chi connectivity index (χ0n) is 13.3. The highest BCUT2D eigenvalue weighted by Crippen LogP contribution is 2.31. The van der Waals surface area contributed by atoms with Crippen molar-refractivity contribution in [1.82, 2.24) is 15.0 Å². The van der Waals surface area contributed by atoms with Crippen LogP contribution in [0.5, 0.6) is 0 Å². The number of halogens is 2. The molecule has 2 aromatic carbocycles. The van der Waals surface area contributed by atoms with Crippen LogP contribution in [0.4, 0.5) is 14.6 Å². The van der Waals surface area contributed by atoms with Crippen LogP contribution >= 0.6 is 0 Å². The molecule has 2 heterocycles. The molecule has 4 nitrogen and oxygen atoms in total. The number of hydrogen-bond donors (Lipinski definition) is 2. The molecule has 0 spiro atoms. The zero-order chi connectivity index (χ0) is 17.6. The summed E-state index contributed by atoms with van der Waals surface area (Å²) in [4.78, 5) is 11.6. The van der Waals surface area contributed by atoms with Crippen LogP contribution in [0, 0.1) is 18.6 Å². The molecule has 0 unspecified atom stereocenters. The third-order valence-electron chi connectivity index (χ3n) is 4.01. The Hall–Kier alpha value is -3.28. The van der Waals surface area contributed by atoms with Gasteiger partial charge in [0.2, 0.25) is 0 Å². The summed E-state index contributed by atoms with van der Waals surface area (Å²) in [6.45, 7) is 1.99. The number of aryl methyl sites for hydroxylation is 1. The molecule has 4 aromatic rings. The van der Waals surface area contributed by atoms with Gasteiger partial charge in [-0.3, -0.25) is 0 Å². The maximum atomic E-state index is 13.9. The molecule has 0 saturated heterocycles. The van der Waals surface area contributed by atoms with Crippen molar-refractivity contribution in [2.24, 2.45) is 0 Å². The number of aromatic amines is 1. The minimum Gasteiger partial charge on any atom is -0.384 e. The smallest absolute Gasteiger partial charge is 0.164 e. The lowest BCUT2D eigenvalue weighted by molar-refractivity contribution is 0.591. The Morgan fingerprint density at radius 2 is 1.88 bits per heavy atom. The van der Waals surface area contributed by atoms with Gasteiger partial charge in [0.15, 0.2) is 5.82 Å². The van der Waals surface area contributed by atoms with Gasteiger partial charge in [0.05, 0.1) is 11.2 Å². The third-order valence-corrected chi connectivity index (χ3v) is 4.01. The quantitative estimate of drug-likeness (QED) is 0.568. The minimum absolute atomic E-state index is 0.208. The standard InChI is InChI=1S/C19H14F2N4/c1-10-3-2-4-11(5-10)16-8-17(22)25-19(24-16)14-9-23-18-13(14)6-12(20)7-15(18)21/h2-9,23H,1H3,(H2,22,24,25). The molecular weight excluding hydrogens is 322 g/mol. The number of H-pyrrole nitrogens is 1. The van der Waals surface area contributed by atoms with Crippen LogP contribution in [-0.4, -0.2) is 15.0 Å². The third kappa shape index (κ3) is 2.71. The monoisotopic (exact) mass is 336 g/mol. The summed E-state index contributed by atoms with van der Waals surface area (Å²) < 4.78 is 27.5. The molecular formula is C19H14F2N4. The molecule has 0 aliphatic heterocycles. The summed E-state index contributed by atoms with van der Waals surface area (Å²) in [5.74, 6) is -0.724. The van der Waals surface area contributed by atoms with Gasteiger partial charge in [-0.2, -0.15) is 0 Å². The highest BCUT2D eigenvalue weighted by molar-refractivity contribution is 5.94. The number of aromatic nitrogens is 3. The first-order chi connectivity index (χ1) is 12.0. The van der Waals surface area contributed by atoms with Gasteiger partial charge in [0, 0.05) is 34.8 Å². The van der Waals surface area contributed by atoms with E-state index in [1.807, 2.05) is 31.2 Å². The van der Waals surface area contributed by atoms with Gasteiger partial charge in [0.25, 0.3) is 0 Å². The highest BCUT2D eigenvalue weighted by Gasteiger charge is 2.15. The van der Waals surface area contributed by atoms with Gasteiger partial charge in [-0.15, -0.1) is 0 Å². The first-order valence-electron chi connectivity index (χ1n) is 7.69. The lowest BCUT2D eigenvalue weighted by Gasteiger charge is -2.06. The fraction of sp³-hybridized carbons (Fsp3) is 0.0526. The van der Waals surface area contributed by atoms with Crippen molar-refractivity contribution in [3.63, 3.8) is 0 Å². The Kier molecular flexibility index (Phi) is 3.46. The number of fused-ring (bicyclic) bond motifs is 1. The molecule has 124 valence electrons. The highest BCUT2D eigenvalue weighted by atomic mass is 19.1. The van der Waals surface area contributed by atoms with E-state index in [1.54, 1.807) is 12.3 Å². The molecule has 6 heteroatoms. The summed E-state index contributed by atoms with van der Waals surface area (Å²) in [6.07, 6.45) is 1.56. The number of rotatable bonds is 2. The van der Waals surface area contributed by atoms with Gasteiger partial charge in [-0.25, -0.2) is 18.7 Å². The summed E-state index contributed by atoms with van der Waals surface area (Å²) in [6, 6.07) is 11.6. The van der Waals surface area contributed by atoms with E-state index < -0.39 is 11.6 Å². The van der Waals surface area contributed by atoms with Crippen molar-refractivity contribution in [3.8, 4) is 22.6 Å². The fourth-order valence-corrected chi connectivity index (χ4v) is 2.88. The van der Waals surface area contributed by atoms with E-state index in [9.17, 15) is 8.78 Å². The van der Waals surface area contributed by atoms with Crippen LogP contribution in [0.1, 0.15) is 5.56 Å². The van der Waals surface area contributed by atoms with E-state index >= 15 is 0 Å². The normalized spacial score (nSPS) is 11.2. The number of nitrogen functional groups attached to an aromatic ring is 1. The van der Waals surface area contributed by atoms with E-state index in [-0.39, 0.29) is 11.3 Å². The first kappa shape index (κ1) is 15.3. The number of nitrogens with zero attached hydrogens (tertiary/aromatic N) is 2. The number of nitrogens with one attached hydrogen (secondary N) is 1. The molecule has 0 bridgehead atoms. The van der Waals surface area contributed by atoms with Crippen LogP contribution < -0.4 is 5.73 Å². The van der Waals surface area contributed by atoms with Crippen molar-refractivity contribution in [2.75, 3.05) is 5.73 Å². The second kappa shape index (κ2) is 5.66. The molecule has 0 aliphatic carbocycles. The van der Waals surface area contributed by atoms with Crippen molar-refractivity contribution >= 4 is 16.7 Å². The van der Waals surface area contributed by atoms with E-state index in [0.29, 0.717) is 22.5 Å². The first-order valence-corrected chi connectivity index (χ1v) is 7.69. The van der Waals surface area contributed by atoms with Crippen molar-refractivity contribution in [3.05, 3.63) is 65.9 Å². The molecule has 4 rings (SSSR count). The SMILES string of the molecule is Cc1cccc(-c2cc(N)nc(-c3c[nH]c4c(F)cc(F)cc34)n2)c1. The van der Waals surface area contributed by atoms with E-state index in [0.717, 1.165) is 17.2 Å². The summed E-state index contributed by atoms with van der Waals surface area (Å²) in [7, 11) is 0. The van der Waals surface area contributed by atoms with Crippen LogP contribution in [0.15, 0.2) is 48.7 Å². The van der Waals surface area contributed by atoms with Crippen LogP contribution in [0.25, 0.3) is 33.5 Å².